The van der Waals surface area contributed by atoms with Crippen molar-refractivity contribution in [3.63, 3.8) is 0 Å². The maximum Gasteiger partial charge on any atom is 0.341 e. The summed E-state index contributed by atoms with van der Waals surface area (Å²) in [7, 11) is 0. The first-order valence-corrected chi connectivity index (χ1v) is 7.86. The molecule has 0 amide bonds. The van der Waals surface area contributed by atoms with E-state index < -0.39 is 5.97 Å². The van der Waals surface area contributed by atoms with Gasteiger partial charge in [-0.2, -0.15) is 0 Å². The Morgan fingerprint density at radius 3 is 2.38 bits per heavy atom. The van der Waals surface area contributed by atoms with Crippen LogP contribution < -0.4 is 4.74 Å². The maximum absolute atomic E-state index is 10.9. The topological polar surface area (TPSA) is 63.6 Å². The van der Waals surface area contributed by atoms with Crippen molar-refractivity contribution in [1.29, 1.82) is 0 Å². The highest BCUT2D eigenvalue weighted by Gasteiger charge is 2.10. The van der Waals surface area contributed by atoms with Crippen molar-refractivity contribution >= 4 is 40.4 Å². The summed E-state index contributed by atoms with van der Waals surface area (Å²) in [4.78, 5) is 21.3. The Hall–Kier alpha value is -1.40. The molecule has 0 aliphatic heterocycles. The highest BCUT2D eigenvalue weighted by Crippen LogP contribution is 2.19. The molecule has 4 nitrogen and oxygen atoms in total. The number of aliphatic carboxylic acids is 1. The summed E-state index contributed by atoms with van der Waals surface area (Å²) in [5, 5.41) is 8.29. The quantitative estimate of drug-likeness (QED) is 0.611. The van der Waals surface area contributed by atoms with Gasteiger partial charge in [0.1, 0.15) is 12.0 Å². The van der Waals surface area contributed by atoms with Crippen molar-refractivity contribution in [3.8, 4) is 5.75 Å². The summed E-state index contributed by atoms with van der Waals surface area (Å²) in [5.74, 6) is -0.523. The van der Waals surface area contributed by atoms with Gasteiger partial charge in [0.05, 0.1) is 5.25 Å². The molecule has 0 fully saturated rings. The Balaban J connectivity index is 0.00000191. The largest absolute Gasteiger partial charge is 0.482 e. The molecule has 6 heteroatoms. The van der Waals surface area contributed by atoms with E-state index >= 15 is 0 Å². The fourth-order valence-corrected chi connectivity index (χ4v) is 2.56. The molecule has 1 rings (SSSR count). The summed E-state index contributed by atoms with van der Waals surface area (Å²) in [6.45, 7) is 5.43. The lowest BCUT2D eigenvalue weighted by Gasteiger charge is -2.09. The van der Waals surface area contributed by atoms with Gasteiger partial charge in [-0.3, -0.25) is 0 Å². The third-order valence-electron chi connectivity index (χ3n) is 2.19. The van der Waals surface area contributed by atoms with Gasteiger partial charge in [-0.05, 0) is 31.0 Å². The summed E-state index contributed by atoms with van der Waals surface area (Å²) in [6.07, 6.45) is 1.47. The molecule has 1 atom stereocenters. The first-order valence-electron chi connectivity index (χ1n) is 6.57. The molecular weight excluding hydrogens is 308 g/mol. The van der Waals surface area contributed by atoms with Gasteiger partial charge in [-0.25, -0.2) is 4.79 Å². The molecule has 1 aromatic rings. The lowest BCUT2D eigenvalue weighted by Crippen LogP contribution is -2.11. The number of carboxylic acids is 1. The Morgan fingerprint density at radius 1 is 1.38 bits per heavy atom. The fourth-order valence-electron chi connectivity index (χ4n) is 1.43. The molecule has 1 aromatic carbocycles. The fraction of sp³-hybridized carbons (Fsp3) is 0.400. The number of rotatable bonds is 7. The van der Waals surface area contributed by atoms with Crippen LogP contribution in [0.3, 0.4) is 0 Å². The zero-order valence-corrected chi connectivity index (χ0v) is 14.0. The van der Waals surface area contributed by atoms with Crippen LogP contribution in [-0.2, 0) is 16.0 Å². The van der Waals surface area contributed by atoms with Crippen LogP contribution in [0.25, 0.3) is 0 Å². The van der Waals surface area contributed by atoms with Crippen LogP contribution in [0.1, 0.15) is 26.3 Å². The number of aldehydes is 1. The molecule has 21 heavy (non-hydrogen) atoms. The van der Waals surface area contributed by atoms with Crippen molar-refractivity contribution < 1.29 is 19.4 Å². The first kappa shape index (κ1) is 19.6. The van der Waals surface area contributed by atoms with E-state index in [4.69, 9.17) is 22.1 Å². The van der Waals surface area contributed by atoms with Gasteiger partial charge >= 0.3 is 5.97 Å². The number of thioether (sulfide) groups is 1. The number of carboxylic acid groups (broad SMARTS) is 1. The number of ether oxygens (including phenoxy) is 1. The van der Waals surface area contributed by atoms with Crippen molar-refractivity contribution in [2.24, 2.45) is 0 Å². The lowest BCUT2D eigenvalue weighted by atomic mass is 10.1. The van der Waals surface area contributed by atoms with Gasteiger partial charge in [0.2, 0.25) is 0 Å². The Bertz CT molecular complexity index is 457. The monoisotopic (exact) mass is 328 g/mol. The summed E-state index contributed by atoms with van der Waals surface area (Å²) < 4.78 is 5.76. The molecular formula is C15H20O4S2. The Labute approximate surface area is 134 Å². The molecule has 0 radical (unpaired) electrons. The van der Waals surface area contributed by atoms with Gasteiger partial charge < -0.3 is 14.6 Å². The number of hydrogen-bond donors (Lipinski definition) is 1. The molecule has 1 N–H and O–H groups in total. The molecule has 1 unspecified atom stereocenters. The third-order valence-corrected chi connectivity index (χ3v) is 3.39. The molecule has 0 aromatic heterocycles. The third kappa shape index (κ3) is 9.20. The van der Waals surface area contributed by atoms with Crippen LogP contribution in [-0.4, -0.2) is 33.4 Å². The minimum absolute atomic E-state index is 0.191. The maximum atomic E-state index is 10.9. The molecule has 0 bridgehead atoms. The van der Waals surface area contributed by atoms with E-state index in [1.165, 1.54) is 11.8 Å². The first-order chi connectivity index (χ1) is 10.0. The van der Waals surface area contributed by atoms with Crippen molar-refractivity contribution in [3.05, 3.63) is 29.8 Å². The average Bonchev–Trinajstić information content (AvgIpc) is 2.47. The molecule has 0 saturated heterocycles. The van der Waals surface area contributed by atoms with Gasteiger partial charge in [-0.1, -0.05) is 38.2 Å². The molecule has 0 aliphatic carbocycles. The Kier molecular flexibility index (Phi) is 10.5. The van der Waals surface area contributed by atoms with Crippen LogP contribution in [0.5, 0.6) is 5.75 Å². The van der Waals surface area contributed by atoms with E-state index in [-0.39, 0.29) is 11.9 Å². The second-order valence-corrected chi connectivity index (χ2v) is 6.14. The van der Waals surface area contributed by atoms with Crippen molar-refractivity contribution in [1.82, 2.24) is 0 Å². The van der Waals surface area contributed by atoms with E-state index in [0.717, 1.165) is 16.0 Å². The summed E-state index contributed by atoms with van der Waals surface area (Å²) >= 11 is 6.33. The van der Waals surface area contributed by atoms with Gasteiger partial charge in [0, 0.05) is 4.20 Å². The number of thiocarbonyl (C=S) groups is 1. The van der Waals surface area contributed by atoms with E-state index in [1.807, 2.05) is 26.0 Å². The van der Waals surface area contributed by atoms with E-state index in [9.17, 15) is 9.59 Å². The second-order valence-electron chi connectivity index (χ2n) is 3.81. The predicted molar refractivity (Wildman–Crippen MR) is 90.3 cm³/mol. The van der Waals surface area contributed by atoms with Gasteiger partial charge in [-0.15, -0.1) is 11.8 Å². The zero-order chi connectivity index (χ0) is 16.3. The second kappa shape index (κ2) is 11.3. The SMILES string of the molecule is CC.CC(=S)SC(C=O)Cc1ccc(OCC(=O)O)cc1. The lowest BCUT2D eigenvalue weighted by molar-refractivity contribution is -0.139. The van der Waals surface area contributed by atoms with Gasteiger partial charge in [0.25, 0.3) is 0 Å². The van der Waals surface area contributed by atoms with Crippen LogP contribution in [0, 0.1) is 0 Å². The van der Waals surface area contributed by atoms with Crippen LogP contribution in [0.15, 0.2) is 24.3 Å². The molecule has 0 aliphatic rings. The summed E-state index contributed by atoms with van der Waals surface area (Å²) in [6, 6.07) is 7.00. The van der Waals surface area contributed by atoms with Crippen molar-refractivity contribution in [2.75, 3.05) is 6.61 Å². The zero-order valence-electron chi connectivity index (χ0n) is 12.4. The number of benzene rings is 1. The number of carbonyl (C=O) groups is 2. The Morgan fingerprint density at radius 2 is 1.95 bits per heavy atom. The summed E-state index contributed by atoms with van der Waals surface area (Å²) in [5.41, 5.74) is 0.975. The highest BCUT2D eigenvalue weighted by atomic mass is 32.2. The van der Waals surface area contributed by atoms with Crippen molar-refractivity contribution in [2.45, 2.75) is 32.4 Å². The molecule has 116 valence electrons. The average molecular weight is 328 g/mol. The number of carbonyl (C=O) groups excluding carboxylic acids is 1. The van der Waals surface area contributed by atoms with E-state index in [1.54, 1.807) is 19.1 Å². The smallest absolute Gasteiger partial charge is 0.341 e. The van der Waals surface area contributed by atoms with E-state index in [2.05, 4.69) is 0 Å². The predicted octanol–water partition coefficient (Wildman–Crippen LogP) is 3.37. The van der Waals surface area contributed by atoms with Crippen LogP contribution in [0.4, 0.5) is 0 Å². The minimum atomic E-state index is -1.02. The van der Waals surface area contributed by atoms with Gasteiger partial charge in [0.15, 0.2) is 6.61 Å². The number of hydrogen-bond acceptors (Lipinski definition) is 5. The highest BCUT2D eigenvalue weighted by molar-refractivity contribution is 8.23. The molecule has 0 saturated carbocycles. The van der Waals surface area contributed by atoms with Crippen LogP contribution >= 0.6 is 24.0 Å². The normalized spacial score (nSPS) is 10.8. The molecule has 0 spiro atoms. The van der Waals surface area contributed by atoms with Crippen LogP contribution in [0.2, 0.25) is 0 Å². The standard InChI is InChI=1S/C13H14O4S2.C2H6/c1-9(18)19-12(7-14)6-10-2-4-11(5-3-10)17-8-13(15)16;1-2/h2-5,7,12H,6,8H2,1H3,(H,15,16);1-2H3. The minimum Gasteiger partial charge on any atom is -0.482 e. The molecule has 0 heterocycles. The van der Waals surface area contributed by atoms with E-state index in [0.29, 0.717) is 12.2 Å².